The molecule has 2 N–H and O–H groups in total. The average molecular weight is 325 g/mol. The van der Waals surface area contributed by atoms with E-state index in [9.17, 15) is 0 Å². The average Bonchev–Trinajstić information content (AvgIpc) is 2.61. The molecule has 7 nitrogen and oxygen atoms in total. The Bertz CT molecular complexity index is 882. The predicted octanol–water partition coefficient (Wildman–Crippen LogP) is 2.64. The van der Waals surface area contributed by atoms with Crippen molar-refractivity contribution in [2.45, 2.75) is 19.8 Å². The Labute approximate surface area is 139 Å². The van der Waals surface area contributed by atoms with Crippen LogP contribution in [0.4, 0.5) is 5.95 Å². The maximum absolute atomic E-state index is 5.79. The predicted molar refractivity (Wildman–Crippen MR) is 92.1 cm³/mol. The summed E-state index contributed by atoms with van der Waals surface area (Å²) >= 11 is 0. The van der Waals surface area contributed by atoms with E-state index in [2.05, 4.69) is 21.9 Å². The molecule has 0 radical (unpaired) electrons. The van der Waals surface area contributed by atoms with Gasteiger partial charge in [-0.05, 0) is 24.6 Å². The highest BCUT2D eigenvalue weighted by Crippen LogP contribution is 2.30. The molecule has 0 aliphatic carbocycles. The second kappa shape index (κ2) is 6.66. The van der Waals surface area contributed by atoms with Crippen LogP contribution in [-0.2, 0) is 6.42 Å². The third kappa shape index (κ3) is 2.92. The molecule has 3 aromatic rings. The molecule has 24 heavy (non-hydrogen) atoms. The number of pyridine rings is 2. The summed E-state index contributed by atoms with van der Waals surface area (Å²) < 4.78 is 10.5. The first-order valence-corrected chi connectivity index (χ1v) is 7.68. The molecule has 7 heteroatoms. The van der Waals surface area contributed by atoms with Crippen LogP contribution in [0.3, 0.4) is 0 Å². The van der Waals surface area contributed by atoms with Gasteiger partial charge in [0.2, 0.25) is 17.7 Å². The fourth-order valence-corrected chi connectivity index (χ4v) is 2.54. The van der Waals surface area contributed by atoms with Gasteiger partial charge in [-0.25, -0.2) is 15.0 Å². The lowest BCUT2D eigenvalue weighted by molar-refractivity contribution is 0.366. The minimum atomic E-state index is 0.268. The Morgan fingerprint density at radius 3 is 2.50 bits per heavy atom. The Morgan fingerprint density at radius 1 is 0.958 bits per heavy atom. The van der Waals surface area contributed by atoms with Crippen LogP contribution < -0.4 is 15.2 Å². The summed E-state index contributed by atoms with van der Waals surface area (Å²) in [5.41, 5.74) is 9.63. The number of hydrogen-bond donors (Lipinski definition) is 1. The smallest absolute Gasteiger partial charge is 0.225 e. The van der Waals surface area contributed by atoms with Gasteiger partial charge in [0, 0.05) is 6.07 Å². The second-order valence-electron chi connectivity index (χ2n) is 5.25. The normalized spacial score (nSPS) is 10.8. The number of nitrogens with zero attached hydrogens (tertiary/aromatic N) is 4. The summed E-state index contributed by atoms with van der Waals surface area (Å²) in [6, 6.07) is 7.40. The maximum atomic E-state index is 5.79. The van der Waals surface area contributed by atoms with E-state index in [1.54, 1.807) is 20.3 Å². The molecule has 0 saturated heterocycles. The molecular formula is C17H19N5O2. The molecule has 3 rings (SSSR count). The summed E-state index contributed by atoms with van der Waals surface area (Å²) in [5, 5.41) is 0. The van der Waals surface area contributed by atoms with Gasteiger partial charge in [-0.3, -0.25) is 0 Å². The van der Waals surface area contributed by atoms with E-state index in [1.165, 1.54) is 0 Å². The molecule has 0 amide bonds. The number of rotatable bonds is 5. The fraction of sp³-hybridized carbons (Fsp3) is 0.294. The lowest BCUT2D eigenvalue weighted by atomic mass is 10.1. The van der Waals surface area contributed by atoms with Gasteiger partial charge >= 0.3 is 0 Å². The van der Waals surface area contributed by atoms with Crippen LogP contribution in [0.2, 0.25) is 0 Å². The van der Waals surface area contributed by atoms with Gasteiger partial charge in [-0.15, -0.1) is 0 Å². The van der Waals surface area contributed by atoms with Crippen molar-refractivity contribution in [2.75, 3.05) is 20.0 Å². The zero-order chi connectivity index (χ0) is 17.1. The zero-order valence-electron chi connectivity index (χ0n) is 13.9. The first-order valence-electron chi connectivity index (χ1n) is 7.68. The number of fused-ring (bicyclic) bond motifs is 1. The highest BCUT2D eigenvalue weighted by atomic mass is 16.5. The molecule has 0 aliphatic rings. The molecule has 0 saturated carbocycles. The summed E-state index contributed by atoms with van der Waals surface area (Å²) in [7, 11) is 3.13. The van der Waals surface area contributed by atoms with Gasteiger partial charge in [0.05, 0.1) is 36.7 Å². The van der Waals surface area contributed by atoms with Crippen molar-refractivity contribution in [1.29, 1.82) is 0 Å². The van der Waals surface area contributed by atoms with E-state index in [1.807, 2.05) is 18.2 Å². The molecule has 0 atom stereocenters. The number of methoxy groups -OCH3 is 2. The van der Waals surface area contributed by atoms with Gasteiger partial charge < -0.3 is 15.2 Å². The van der Waals surface area contributed by atoms with Crippen LogP contribution in [0, 0.1) is 0 Å². The van der Waals surface area contributed by atoms with Crippen LogP contribution in [0.25, 0.3) is 22.3 Å². The molecule has 0 bridgehead atoms. The van der Waals surface area contributed by atoms with Crippen molar-refractivity contribution >= 4 is 17.0 Å². The van der Waals surface area contributed by atoms with Crippen molar-refractivity contribution in [2.24, 2.45) is 0 Å². The first-order chi connectivity index (χ1) is 11.7. The van der Waals surface area contributed by atoms with E-state index in [0.717, 1.165) is 40.8 Å². The minimum Gasteiger partial charge on any atom is -0.481 e. The standard InChI is InChI=1S/C17H19N5O2/c1-4-5-12-15-13(21-17(18)20-12)8-7-11(19-15)10-6-9-14(23-2)22-16(10)24-3/h6-9H,4-5H2,1-3H3,(H2,18,20,21). The summed E-state index contributed by atoms with van der Waals surface area (Å²) in [5.74, 6) is 1.21. The lowest BCUT2D eigenvalue weighted by Gasteiger charge is -2.10. The van der Waals surface area contributed by atoms with Crippen LogP contribution in [0.1, 0.15) is 19.0 Å². The van der Waals surface area contributed by atoms with Crippen molar-refractivity contribution in [3.05, 3.63) is 30.0 Å². The van der Waals surface area contributed by atoms with E-state index in [-0.39, 0.29) is 5.95 Å². The summed E-state index contributed by atoms with van der Waals surface area (Å²) in [6.07, 6.45) is 1.74. The zero-order valence-corrected chi connectivity index (χ0v) is 13.9. The Balaban J connectivity index is 2.17. The van der Waals surface area contributed by atoms with E-state index >= 15 is 0 Å². The largest absolute Gasteiger partial charge is 0.481 e. The SMILES string of the molecule is CCCc1nc(N)nc2ccc(-c3ccc(OC)nc3OC)nc12. The third-order valence-electron chi connectivity index (χ3n) is 3.63. The van der Waals surface area contributed by atoms with E-state index in [0.29, 0.717) is 11.8 Å². The molecule has 0 aliphatic heterocycles. The lowest BCUT2D eigenvalue weighted by Crippen LogP contribution is -2.03. The second-order valence-corrected chi connectivity index (χ2v) is 5.25. The van der Waals surface area contributed by atoms with Crippen LogP contribution in [-0.4, -0.2) is 34.2 Å². The molecule has 3 aromatic heterocycles. The first kappa shape index (κ1) is 15.9. The van der Waals surface area contributed by atoms with Gasteiger partial charge in [-0.1, -0.05) is 13.3 Å². The van der Waals surface area contributed by atoms with Crippen molar-refractivity contribution in [1.82, 2.24) is 19.9 Å². The summed E-state index contributed by atoms with van der Waals surface area (Å²) in [6.45, 7) is 2.09. The number of anilines is 1. The molecule has 0 aromatic carbocycles. The number of aryl methyl sites for hydroxylation is 1. The quantitative estimate of drug-likeness (QED) is 0.770. The Kier molecular flexibility index (Phi) is 4.41. The van der Waals surface area contributed by atoms with E-state index < -0.39 is 0 Å². The monoisotopic (exact) mass is 325 g/mol. The fourth-order valence-electron chi connectivity index (χ4n) is 2.54. The summed E-state index contributed by atoms with van der Waals surface area (Å²) in [4.78, 5) is 17.6. The number of aromatic nitrogens is 4. The molecule has 3 heterocycles. The highest BCUT2D eigenvalue weighted by molar-refractivity contribution is 5.81. The highest BCUT2D eigenvalue weighted by Gasteiger charge is 2.13. The molecule has 0 fully saturated rings. The number of nitrogens with two attached hydrogens (primary N) is 1. The van der Waals surface area contributed by atoms with Crippen molar-refractivity contribution < 1.29 is 9.47 Å². The third-order valence-corrected chi connectivity index (χ3v) is 3.63. The Morgan fingerprint density at radius 2 is 1.79 bits per heavy atom. The number of hydrogen-bond acceptors (Lipinski definition) is 7. The van der Waals surface area contributed by atoms with Crippen molar-refractivity contribution in [3.63, 3.8) is 0 Å². The molecule has 124 valence electrons. The van der Waals surface area contributed by atoms with E-state index in [4.69, 9.17) is 20.2 Å². The topological polar surface area (TPSA) is 96.0 Å². The van der Waals surface area contributed by atoms with Gasteiger partial charge in [0.1, 0.15) is 5.52 Å². The van der Waals surface area contributed by atoms with Crippen LogP contribution in [0.5, 0.6) is 11.8 Å². The molecular weight excluding hydrogens is 306 g/mol. The van der Waals surface area contributed by atoms with Crippen LogP contribution >= 0.6 is 0 Å². The number of ether oxygens (including phenoxy) is 2. The molecule has 0 unspecified atom stereocenters. The Hall–Kier alpha value is -2.96. The van der Waals surface area contributed by atoms with Crippen LogP contribution in [0.15, 0.2) is 24.3 Å². The number of nitrogen functional groups attached to an aromatic ring is 1. The van der Waals surface area contributed by atoms with Gasteiger partial charge in [0.15, 0.2) is 0 Å². The van der Waals surface area contributed by atoms with Gasteiger partial charge in [-0.2, -0.15) is 4.98 Å². The van der Waals surface area contributed by atoms with Crippen molar-refractivity contribution in [3.8, 4) is 23.0 Å². The molecule has 0 spiro atoms. The minimum absolute atomic E-state index is 0.268. The maximum Gasteiger partial charge on any atom is 0.225 e. The van der Waals surface area contributed by atoms with Gasteiger partial charge in [0.25, 0.3) is 0 Å².